The van der Waals surface area contributed by atoms with Gasteiger partial charge >= 0.3 is 0 Å². The van der Waals surface area contributed by atoms with Gasteiger partial charge in [0.25, 0.3) is 5.91 Å². The Labute approximate surface area is 95.2 Å². The number of hydrogen-bond acceptors (Lipinski definition) is 5. The van der Waals surface area contributed by atoms with Gasteiger partial charge in [0, 0.05) is 18.0 Å². The number of nitrogens with two attached hydrogens (primary N) is 1. The lowest BCUT2D eigenvalue weighted by atomic mass is 10.3. The summed E-state index contributed by atoms with van der Waals surface area (Å²) in [6, 6.07) is 5.42. The van der Waals surface area contributed by atoms with E-state index >= 15 is 0 Å². The number of primary amides is 1. The summed E-state index contributed by atoms with van der Waals surface area (Å²) in [4.78, 5) is 19.2. The summed E-state index contributed by atoms with van der Waals surface area (Å²) >= 11 is 1.14. The molecule has 0 aliphatic carbocycles. The van der Waals surface area contributed by atoms with Crippen LogP contribution >= 0.6 is 11.3 Å². The average molecular weight is 230 g/mol. The number of thiazole rings is 1. The molecule has 0 aromatic carbocycles. The van der Waals surface area contributed by atoms with Crippen molar-refractivity contribution in [2.75, 3.05) is 0 Å². The molecule has 2 N–H and O–H groups in total. The summed E-state index contributed by atoms with van der Waals surface area (Å²) in [5, 5.41) is 9.42. The topological polar surface area (TPSA) is 92.7 Å². The Balaban J connectivity index is 2.54. The molecular weight excluding hydrogens is 224 g/mol. The molecule has 0 bridgehead atoms. The Hall–Kier alpha value is -2.26. The third-order valence-corrected chi connectivity index (χ3v) is 2.90. The van der Waals surface area contributed by atoms with Gasteiger partial charge in [0.2, 0.25) is 0 Å². The number of carbonyl (C=O) groups is 1. The van der Waals surface area contributed by atoms with Crippen LogP contribution in [-0.4, -0.2) is 15.9 Å². The van der Waals surface area contributed by atoms with Gasteiger partial charge < -0.3 is 5.73 Å². The van der Waals surface area contributed by atoms with Crippen LogP contribution in [0.15, 0.2) is 24.5 Å². The summed E-state index contributed by atoms with van der Waals surface area (Å²) in [5.74, 6) is -0.687. The summed E-state index contributed by atoms with van der Waals surface area (Å²) in [7, 11) is 0. The summed E-state index contributed by atoms with van der Waals surface area (Å²) in [6.45, 7) is 0. The molecule has 6 heteroatoms. The Morgan fingerprint density at radius 3 is 2.62 bits per heavy atom. The predicted octanol–water partition coefficient (Wildman–Crippen LogP) is 1.18. The molecule has 0 aliphatic rings. The van der Waals surface area contributed by atoms with E-state index in [1.165, 1.54) is 0 Å². The van der Waals surface area contributed by atoms with Gasteiger partial charge in [-0.25, -0.2) is 4.98 Å². The molecule has 78 valence electrons. The zero-order valence-electron chi connectivity index (χ0n) is 8.04. The number of rotatable bonds is 2. The fraction of sp³-hybridized carbons (Fsp3) is 0. The fourth-order valence-electron chi connectivity index (χ4n) is 1.18. The zero-order chi connectivity index (χ0) is 11.5. The minimum Gasteiger partial charge on any atom is -0.364 e. The lowest BCUT2D eigenvalue weighted by Gasteiger charge is -1.92. The maximum atomic E-state index is 11.0. The van der Waals surface area contributed by atoms with Crippen molar-refractivity contribution in [1.29, 1.82) is 5.26 Å². The smallest absolute Gasteiger partial charge is 0.269 e. The molecule has 0 atom stereocenters. The van der Waals surface area contributed by atoms with E-state index in [1.807, 2.05) is 6.07 Å². The monoisotopic (exact) mass is 230 g/mol. The maximum Gasteiger partial charge on any atom is 0.269 e. The molecule has 5 nitrogen and oxygen atoms in total. The van der Waals surface area contributed by atoms with Crippen LogP contribution in [0.25, 0.3) is 10.6 Å². The van der Waals surface area contributed by atoms with Crippen molar-refractivity contribution in [2.45, 2.75) is 0 Å². The summed E-state index contributed by atoms with van der Waals surface area (Å²) in [6.07, 6.45) is 3.24. The minimum absolute atomic E-state index is 0.0271. The van der Waals surface area contributed by atoms with E-state index in [2.05, 4.69) is 9.97 Å². The van der Waals surface area contributed by atoms with Crippen LogP contribution in [0.5, 0.6) is 0 Å². The number of pyridine rings is 1. The number of nitrogens with zero attached hydrogens (tertiary/aromatic N) is 3. The van der Waals surface area contributed by atoms with Crippen molar-refractivity contribution in [3.05, 3.63) is 35.1 Å². The summed E-state index contributed by atoms with van der Waals surface area (Å²) in [5.41, 5.74) is 5.96. The van der Waals surface area contributed by atoms with Gasteiger partial charge in [-0.15, -0.1) is 11.3 Å². The fourth-order valence-corrected chi connectivity index (χ4v) is 2.05. The quantitative estimate of drug-likeness (QED) is 0.838. The highest BCUT2D eigenvalue weighted by Crippen LogP contribution is 2.26. The standard InChI is InChI=1S/C10H6N4OS/c11-5-7-8(9(12)15)14-10(16-7)6-1-3-13-4-2-6/h1-4H,(H2,12,15). The number of hydrogen-bond donors (Lipinski definition) is 1. The van der Waals surface area contributed by atoms with Crippen LogP contribution < -0.4 is 5.73 Å². The third-order valence-electron chi connectivity index (χ3n) is 1.89. The van der Waals surface area contributed by atoms with Crippen molar-refractivity contribution in [2.24, 2.45) is 5.73 Å². The number of amides is 1. The van der Waals surface area contributed by atoms with Gasteiger partial charge in [0.1, 0.15) is 16.0 Å². The number of nitriles is 1. The maximum absolute atomic E-state index is 11.0. The van der Waals surface area contributed by atoms with Gasteiger partial charge in [-0.2, -0.15) is 5.26 Å². The van der Waals surface area contributed by atoms with Crippen LogP contribution in [0, 0.1) is 11.3 Å². The SMILES string of the molecule is N#Cc1sc(-c2ccncc2)nc1C(N)=O. The second-order valence-electron chi connectivity index (χ2n) is 2.91. The van der Waals surface area contributed by atoms with Crippen LogP contribution in [0.2, 0.25) is 0 Å². The molecule has 0 fully saturated rings. The molecule has 0 saturated heterocycles. The molecule has 2 aromatic rings. The van der Waals surface area contributed by atoms with E-state index in [-0.39, 0.29) is 10.6 Å². The first-order valence-corrected chi connectivity index (χ1v) is 5.15. The lowest BCUT2D eigenvalue weighted by molar-refractivity contribution is 0.0996. The highest BCUT2D eigenvalue weighted by atomic mass is 32.1. The second-order valence-corrected chi connectivity index (χ2v) is 3.91. The third kappa shape index (κ3) is 1.76. The first-order valence-electron chi connectivity index (χ1n) is 4.33. The van der Waals surface area contributed by atoms with E-state index < -0.39 is 5.91 Å². The van der Waals surface area contributed by atoms with Crippen molar-refractivity contribution < 1.29 is 4.79 Å². The molecule has 2 heterocycles. The van der Waals surface area contributed by atoms with Crippen molar-refractivity contribution in [3.8, 4) is 16.6 Å². The molecule has 0 radical (unpaired) electrons. The Morgan fingerprint density at radius 2 is 2.12 bits per heavy atom. The van der Waals surface area contributed by atoms with E-state index in [0.717, 1.165) is 16.9 Å². The van der Waals surface area contributed by atoms with Crippen LogP contribution in [0.1, 0.15) is 15.4 Å². The van der Waals surface area contributed by atoms with Crippen LogP contribution in [0.3, 0.4) is 0 Å². The molecular formula is C10H6N4OS. The normalized spacial score (nSPS) is 9.69. The van der Waals surface area contributed by atoms with Crippen LogP contribution in [0.4, 0.5) is 0 Å². The van der Waals surface area contributed by atoms with E-state index in [0.29, 0.717) is 5.01 Å². The van der Waals surface area contributed by atoms with Gasteiger partial charge in [-0.1, -0.05) is 0 Å². The largest absolute Gasteiger partial charge is 0.364 e. The first-order chi connectivity index (χ1) is 7.72. The van der Waals surface area contributed by atoms with E-state index in [9.17, 15) is 4.79 Å². The number of carbonyl (C=O) groups excluding carboxylic acids is 1. The van der Waals surface area contributed by atoms with Gasteiger partial charge in [0.05, 0.1) is 0 Å². The van der Waals surface area contributed by atoms with Crippen molar-refractivity contribution in [1.82, 2.24) is 9.97 Å². The van der Waals surface area contributed by atoms with Gasteiger partial charge in [-0.05, 0) is 12.1 Å². The second kappa shape index (κ2) is 4.08. The Bertz CT molecular complexity index is 570. The molecule has 16 heavy (non-hydrogen) atoms. The predicted molar refractivity (Wildman–Crippen MR) is 58.6 cm³/mol. The van der Waals surface area contributed by atoms with Gasteiger partial charge in [0.15, 0.2) is 5.69 Å². The van der Waals surface area contributed by atoms with Crippen molar-refractivity contribution in [3.63, 3.8) is 0 Å². The molecule has 2 aromatic heterocycles. The highest BCUT2D eigenvalue weighted by Gasteiger charge is 2.16. The average Bonchev–Trinajstić information content (AvgIpc) is 2.74. The molecule has 1 amide bonds. The van der Waals surface area contributed by atoms with E-state index in [4.69, 9.17) is 11.0 Å². The van der Waals surface area contributed by atoms with Crippen molar-refractivity contribution >= 4 is 17.2 Å². The van der Waals surface area contributed by atoms with E-state index in [1.54, 1.807) is 24.5 Å². The highest BCUT2D eigenvalue weighted by molar-refractivity contribution is 7.15. The number of aromatic nitrogens is 2. The minimum atomic E-state index is -0.687. The van der Waals surface area contributed by atoms with Crippen LogP contribution in [-0.2, 0) is 0 Å². The molecule has 0 spiro atoms. The Kier molecular flexibility index (Phi) is 2.62. The molecule has 0 saturated carbocycles. The summed E-state index contributed by atoms with van der Waals surface area (Å²) < 4.78 is 0. The molecule has 0 aliphatic heterocycles. The molecule has 0 unspecified atom stereocenters. The zero-order valence-corrected chi connectivity index (χ0v) is 8.86. The Morgan fingerprint density at radius 1 is 1.44 bits per heavy atom. The first kappa shape index (κ1) is 10.3. The molecule has 2 rings (SSSR count). The lowest BCUT2D eigenvalue weighted by Crippen LogP contribution is -2.12. The van der Waals surface area contributed by atoms with Gasteiger partial charge in [-0.3, -0.25) is 9.78 Å².